The number of ether oxygens (including phenoxy) is 1. The van der Waals surface area contributed by atoms with Gasteiger partial charge in [-0.1, -0.05) is 12.1 Å². The molecule has 0 aliphatic rings. The minimum Gasteiger partial charge on any atom is -0.490 e. The summed E-state index contributed by atoms with van der Waals surface area (Å²) in [6, 6.07) is 10.9. The lowest BCUT2D eigenvalue weighted by molar-refractivity contribution is -0.385. The fraction of sp³-hybridized carbons (Fsp3) is 0.188. The number of aromatic nitrogens is 2. The number of hydrogen-bond acceptors (Lipinski definition) is 5. The number of aryl methyl sites for hydroxylation is 2. The van der Waals surface area contributed by atoms with Crippen LogP contribution >= 0.6 is 0 Å². The highest BCUT2D eigenvalue weighted by Gasteiger charge is 2.18. The van der Waals surface area contributed by atoms with E-state index in [2.05, 4.69) is 10.3 Å². The van der Waals surface area contributed by atoms with Gasteiger partial charge in [-0.05, 0) is 24.6 Å². The van der Waals surface area contributed by atoms with E-state index >= 15 is 0 Å². The molecule has 1 heterocycles. The highest BCUT2D eigenvalue weighted by Crippen LogP contribution is 2.34. The Morgan fingerprint density at radius 1 is 1.30 bits per heavy atom. The molecule has 0 aliphatic heterocycles. The summed E-state index contributed by atoms with van der Waals surface area (Å²) < 4.78 is 7.05. The number of hydrogen-bond donors (Lipinski definition) is 1. The molecule has 7 heteroatoms. The number of imidazole rings is 1. The van der Waals surface area contributed by atoms with E-state index in [4.69, 9.17) is 4.74 Å². The van der Waals surface area contributed by atoms with Crippen LogP contribution in [-0.4, -0.2) is 21.6 Å². The number of nitro groups is 1. The van der Waals surface area contributed by atoms with Crippen molar-refractivity contribution < 1.29 is 9.66 Å². The van der Waals surface area contributed by atoms with Crippen LogP contribution in [0.1, 0.15) is 5.56 Å². The van der Waals surface area contributed by atoms with Crippen LogP contribution in [0.4, 0.5) is 17.3 Å². The number of nitrogens with one attached hydrogen (secondary N) is 1. The van der Waals surface area contributed by atoms with Crippen molar-refractivity contribution in [3.05, 3.63) is 52.1 Å². The predicted molar refractivity (Wildman–Crippen MR) is 88.4 cm³/mol. The van der Waals surface area contributed by atoms with Crippen LogP contribution in [0, 0.1) is 17.0 Å². The maximum Gasteiger partial charge on any atom is 0.311 e. The first-order chi connectivity index (χ1) is 11.0. The number of nitro benzene ring substituents is 1. The van der Waals surface area contributed by atoms with E-state index in [0.717, 1.165) is 16.6 Å². The van der Waals surface area contributed by atoms with Gasteiger partial charge in [-0.3, -0.25) is 10.1 Å². The molecule has 0 unspecified atom stereocenters. The van der Waals surface area contributed by atoms with Crippen LogP contribution < -0.4 is 10.1 Å². The monoisotopic (exact) mass is 312 g/mol. The second-order valence-electron chi connectivity index (χ2n) is 5.20. The number of anilines is 2. The maximum atomic E-state index is 11.1. The number of rotatable bonds is 4. The lowest BCUT2D eigenvalue weighted by atomic mass is 10.1. The zero-order chi connectivity index (χ0) is 16.6. The summed E-state index contributed by atoms with van der Waals surface area (Å²) in [6.07, 6.45) is 0. The molecular weight excluding hydrogens is 296 g/mol. The van der Waals surface area contributed by atoms with Crippen molar-refractivity contribution in [2.45, 2.75) is 6.92 Å². The summed E-state index contributed by atoms with van der Waals surface area (Å²) in [6.45, 7) is 1.80. The Balaban J connectivity index is 2.05. The van der Waals surface area contributed by atoms with Gasteiger partial charge in [0.25, 0.3) is 0 Å². The molecule has 0 amide bonds. The van der Waals surface area contributed by atoms with Crippen LogP contribution in [0.25, 0.3) is 11.0 Å². The van der Waals surface area contributed by atoms with Crippen LogP contribution in [-0.2, 0) is 7.05 Å². The Kier molecular flexibility index (Phi) is 3.61. The van der Waals surface area contributed by atoms with Crippen molar-refractivity contribution in [2.24, 2.45) is 7.05 Å². The van der Waals surface area contributed by atoms with Crippen LogP contribution in [0.5, 0.6) is 5.75 Å². The third-order valence-corrected chi connectivity index (χ3v) is 3.76. The summed E-state index contributed by atoms with van der Waals surface area (Å²) in [5.41, 5.74) is 3.28. The third-order valence-electron chi connectivity index (χ3n) is 3.76. The minimum atomic E-state index is -0.454. The summed E-state index contributed by atoms with van der Waals surface area (Å²) in [5.74, 6) is 0.868. The third kappa shape index (κ3) is 2.57. The lowest BCUT2D eigenvalue weighted by Crippen LogP contribution is -2.02. The average Bonchev–Trinajstić information content (AvgIpc) is 2.85. The predicted octanol–water partition coefficient (Wildman–Crippen LogP) is 3.54. The molecule has 0 fully saturated rings. The van der Waals surface area contributed by atoms with Crippen molar-refractivity contribution in [2.75, 3.05) is 12.4 Å². The summed E-state index contributed by atoms with van der Waals surface area (Å²) in [4.78, 5) is 15.1. The van der Waals surface area contributed by atoms with Gasteiger partial charge in [-0.15, -0.1) is 0 Å². The van der Waals surface area contributed by atoms with E-state index in [1.54, 1.807) is 13.0 Å². The summed E-state index contributed by atoms with van der Waals surface area (Å²) >= 11 is 0. The standard InChI is InChI=1S/C16H16N4O3/c1-10-8-14(20(21)22)15(23-3)9-12(10)18-16-17-11-6-4-5-7-13(11)19(16)2/h4-9H,1-3H3,(H,17,18). The number of nitrogens with zero attached hydrogens (tertiary/aromatic N) is 3. The number of para-hydroxylation sites is 2. The van der Waals surface area contributed by atoms with Crippen molar-refractivity contribution in [1.82, 2.24) is 9.55 Å². The Morgan fingerprint density at radius 2 is 2.04 bits per heavy atom. The molecule has 3 rings (SSSR count). The van der Waals surface area contributed by atoms with Crippen LogP contribution in [0.15, 0.2) is 36.4 Å². The minimum absolute atomic E-state index is 0.0550. The van der Waals surface area contributed by atoms with Crippen molar-refractivity contribution in [3.63, 3.8) is 0 Å². The van der Waals surface area contributed by atoms with Gasteiger partial charge in [0.15, 0.2) is 5.75 Å². The van der Waals surface area contributed by atoms with Gasteiger partial charge < -0.3 is 14.6 Å². The Bertz CT molecular complexity index is 902. The van der Waals surface area contributed by atoms with Gasteiger partial charge in [0.2, 0.25) is 5.95 Å². The summed E-state index contributed by atoms with van der Waals surface area (Å²) in [7, 11) is 3.33. The molecule has 0 radical (unpaired) electrons. The zero-order valence-electron chi connectivity index (χ0n) is 13.0. The molecule has 0 spiro atoms. The first-order valence-electron chi connectivity index (χ1n) is 7.02. The molecule has 1 N–H and O–H groups in total. The molecule has 1 aromatic heterocycles. The Labute approximate surface area is 132 Å². The normalized spacial score (nSPS) is 10.7. The van der Waals surface area contributed by atoms with E-state index < -0.39 is 4.92 Å². The molecule has 0 saturated carbocycles. The van der Waals surface area contributed by atoms with E-state index in [9.17, 15) is 10.1 Å². The molecule has 7 nitrogen and oxygen atoms in total. The molecule has 2 aromatic carbocycles. The molecule has 0 aliphatic carbocycles. The van der Waals surface area contributed by atoms with Crippen molar-refractivity contribution in [1.29, 1.82) is 0 Å². The average molecular weight is 312 g/mol. The van der Waals surface area contributed by atoms with Gasteiger partial charge >= 0.3 is 5.69 Å². The fourth-order valence-corrected chi connectivity index (χ4v) is 2.49. The number of benzene rings is 2. The Morgan fingerprint density at radius 3 is 2.70 bits per heavy atom. The first kappa shape index (κ1) is 14.8. The second-order valence-corrected chi connectivity index (χ2v) is 5.20. The van der Waals surface area contributed by atoms with Crippen molar-refractivity contribution in [3.8, 4) is 5.75 Å². The highest BCUT2D eigenvalue weighted by atomic mass is 16.6. The molecular formula is C16H16N4O3. The first-order valence-corrected chi connectivity index (χ1v) is 7.02. The Hall–Kier alpha value is -3.09. The molecule has 0 bridgehead atoms. The quantitative estimate of drug-likeness (QED) is 0.588. The van der Waals surface area contributed by atoms with Crippen molar-refractivity contribution >= 4 is 28.4 Å². The molecule has 23 heavy (non-hydrogen) atoms. The molecule has 118 valence electrons. The van der Waals surface area contributed by atoms with Crippen LogP contribution in [0.2, 0.25) is 0 Å². The smallest absolute Gasteiger partial charge is 0.311 e. The molecule has 0 saturated heterocycles. The molecule has 3 aromatic rings. The van der Waals surface area contributed by atoms with Gasteiger partial charge in [0.05, 0.1) is 23.1 Å². The maximum absolute atomic E-state index is 11.1. The largest absolute Gasteiger partial charge is 0.490 e. The van der Waals surface area contributed by atoms with E-state index in [-0.39, 0.29) is 11.4 Å². The van der Waals surface area contributed by atoms with Gasteiger partial charge in [-0.25, -0.2) is 4.98 Å². The number of fused-ring (bicyclic) bond motifs is 1. The number of methoxy groups -OCH3 is 1. The topological polar surface area (TPSA) is 82.2 Å². The van der Waals surface area contributed by atoms with Gasteiger partial charge in [0.1, 0.15) is 0 Å². The van der Waals surface area contributed by atoms with Gasteiger partial charge in [-0.2, -0.15) is 0 Å². The summed E-state index contributed by atoms with van der Waals surface area (Å²) in [5, 5.41) is 14.3. The van der Waals surface area contributed by atoms with E-state index in [1.807, 2.05) is 35.9 Å². The second kappa shape index (κ2) is 5.60. The lowest BCUT2D eigenvalue weighted by Gasteiger charge is -2.11. The van der Waals surface area contributed by atoms with E-state index in [0.29, 0.717) is 11.6 Å². The fourth-order valence-electron chi connectivity index (χ4n) is 2.49. The highest BCUT2D eigenvalue weighted by molar-refractivity contribution is 5.80. The molecule has 0 atom stereocenters. The SMILES string of the molecule is COc1cc(Nc2nc3ccccc3n2C)c(C)cc1[N+](=O)[O-]. The van der Waals surface area contributed by atoms with Crippen LogP contribution in [0.3, 0.4) is 0 Å². The van der Waals surface area contributed by atoms with E-state index in [1.165, 1.54) is 13.2 Å². The zero-order valence-corrected chi connectivity index (χ0v) is 13.0. The van der Waals surface area contributed by atoms with Gasteiger partial charge in [0, 0.05) is 24.9 Å².